The minimum atomic E-state index is -4.64. The lowest BCUT2D eigenvalue weighted by atomic mass is 9.54. The maximum absolute atomic E-state index is 13.8. The highest BCUT2D eigenvalue weighted by molar-refractivity contribution is 6.00. The van der Waals surface area contributed by atoms with Gasteiger partial charge in [0.15, 0.2) is 0 Å². The average Bonchev–Trinajstić information content (AvgIpc) is 2.47. The van der Waals surface area contributed by atoms with E-state index in [4.69, 9.17) is 10.5 Å². The Morgan fingerprint density at radius 2 is 2.00 bits per heavy atom. The van der Waals surface area contributed by atoms with Gasteiger partial charge in [0, 0.05) is 18.4 Å². The van der Waals surface area contributed by atoms with Gasteiger partial charge in [-0.05, 0) is 25.1 Å². The molecule has 4 nitrogen and oxygen atoms in total. The van der Waals surface area contributed by atoms with E-state index in [-0.39, 0.29) is 24.9 Å². The van der Waals surface area contributed by atoms with Crippen molar-refractivity contribution >= 4 is 24.0 Å². The van der Waals surface area contributed by atoms with Gasteiger partial charge in [0.05, 0.1) is 17.4 Å². The van der Waals surface area contributed by atoms with Gasteiger partial charge in [-0.25, -0.2) is 4.39 Å². The van der Waals surface area contributed by atoms with Crippen LogP contribution in [0.25, 0.3) is 0 Å². The average molecular weight is 385 g/mol. The second-order valence-electron chi connectivity index (χ2n) is 6.49. The number of carbonyl (C=O) groups is 1. The van der Waals surface area contributed by atoms with E-state index < -0.39 is 40.1 Å². The standard InChI is InChI=1S/C16H20F4N2O2.ClH/c1-4-24-12-8-15(21,14(12,2)3)13(23)22-11-7-9(16(18,19)20)5-6-10(11)17;/h5-7,12H,4,8,21H2,1-3H3,(H,22,23);1H. The van der Waals surface area contributed by atoms with Crippen LogP contribution in [0.2, 0.25) is 0 Å². The third-order valence-corrected chi connectivity index (χ3v) is 4.78. The summed E-state index contributed by atoms with van der Waals surface area (Å²) in [7, 11) is 0. The van der Waals surface area contributed by atoms with Gasteiger partial charge >= 0.3 is 6.18 Å². The molecule has 142 valence electrons. The van der Waals surface area contributed by atoms with E-state index in [9.17, 15) is 22.4 Å². The van der Waals surface area contributed by atoms with E-state index in [0.29, 0.717) is 24.8 Å². The summed E-state index contributed by atoms with van der Waals surface area (Å²) >= 11 is 0. The lowest BCUT2D eigenvalue weighted by Gasteiger charge is -2.57. The zero-order valence-electron chi connectivity index (χ0n) is 14.0. The number of nitrogens with one attached hydrogen (secondary N) is 1. The maximum Gasteiger partial charge on any atom is 0.416 e. The molecule has 1 aromatic carbocycles. The summed E-state index contributed by atoms with van der Waals surface area (Å²) in [4.78, 5) is 12.5. The number of ether oxygens (including phenoxy) is 1. The molecule has 9 heteroatoms. The number of amides is 1. The number of hydrogen-bond acceptors (Lipinski definition) is 3. The van der Waals surface area contributed by atoms with Gasteiger partial charge in [-0.3, -0.25) is 4.79 Å². The molecule has 0 radical (unpaired) electrons. The zero-order chi connectivity index (χ0) is 18.3. The highest BCUT2D eigenvalue weighted by Gasteiger charge is 2.62. The maximum atomic E-state index is 13.8. The molecular formula is C16H21ClF4N2O2. The summed E-state index contributed by atoms with van der Waals surface area (Å²) in [5.41, 5.74) is 2.45. The highest BCUT2D eigenvalue weighted by Crippen LogP contribution is 2.50. The lowest BCUT2D eigenvalue weighted by Crippen LogP contribution is -2.74. The molecule has 1 aliphatic rings. The number of halogens is 5. The third-order valence-electron chi connectivity index (χ3n) is 4.78. The van der Waals surface area contributed by atoms with Crippen LogP contribution in [-0.4, -0.2) is 24.2 Å². The summed E-state index contributed by atoms with van der Waals surface area (Å²) in [6, 6.07) is 1.83. The molecule has 0 aliphatic heterocycles. The first-order valence-electron chi connectivity index (χ1n) is 7.52. The fourth-order valence-electron chi connectivity index (χ4n) is 2.85. The van der Waals surface area contributed by atoms with Crippen LogP contribution in [0.1, 0.15) is 32.8 Å². The van der Waals surface area contributed by atoms with Crippen LogP contribution in [0.4, 0.5) is 23.2 Å². The Bertz CT molecular complexity index is 652. The Hall–Kier alpha value is -1.38. The second kappa shape index (κ2) is 7.09. The summed E-state index contributed by atoms with van der Waals surface area (Å²) in [5, 5.41) is 2.19. The predicted molar refractivity (Wildman–Crippen MR) is 88.0 cm³/mol. The number of alkyl halides is 3. The van der Waals surface area contributed by atoms with Crippen molar-refractivity contribution in [2.45, 2.75) is 45.0 Å². The van der Waals surface area contributed by atoms with Crippen LogP contribution in [0, 0.1) is 11.2 Å². The number of carbonyl (C=O) groups excluding carboxylic acids is 1. The minimum absolute atomic E-state index is 0. The largest absolute Gasteiger partial charge is 0.416 e. The van der Waals surface area contributed by atoms with Gasteiger partial charge in [0.1, 0.15) is 11.4 Å². The molecule has 0 heterocycles. The van der Waals surface area contributed by atoms with Gasteiger partial charge in [-0.2, -0.15) is 13.2 Å². The smallest absolute Gasteiger partial charge is 0.378 e. The van der Waals surface area contributed by atoms with E-state index in [1.165, 1.54) is 0 Å². The number of benzene rings is 1. The van der Waals surface area contributed by atoms with Gasteiger partial charge in [-0.1, -0.05) is 13.8 Å². The Labute approximate surface area is 149 Å². The van der Waals surface area contributed by atoms with Crippen molar-refractivity contribution in [3.63, 3.8) is 0 Å². The first-order chi connectivity index (χ1) is 10.9. The van der Waals surface area contributed by atoms with Crippen molar-refractivity contribution in [3.8, 4) is 0 Å². The Balaban J connectivity index is 0.00000312. The Morgan fingerprint density at radius 1 is 1.40 bits per heavy atom. The molecule has 0 aromatic heterocycles. The minimum Gasteiger partial charge on any atom is -0.378 e. The van der Waals surface area contributed by atoms with Crippen molar-refractivity contribution in [1.29, 1.82) is 0 Å². The Morgan fingerprint density at radius 3 is 2.48 bits per heavy atom. The molecule has 25 heavy (non-hydrogen) atoms. The van der Waals surface area contributed by atoms with Crippen LogP contribution in [0.3, 0.4) is 0 Å². The zero-order valence-corrected chi connectivity index (χ0v) is 14.9. The molecule has 1 amide bonds. The molecule has 2 atom stereocenters. The monoisotopic (exact) mass is 384 g/mol. The number of hydrogen-bond donors (Lipinski definition) is 2. The van der Waals surface area contributed by atoms with E-state index in [1.807, 2.05) is 6.92 Å². The summed E-state index contributed by atoms with van der Waals surface area (Å²) in [5.74, 6) is -1.69. The van der Waals surface area contributed by atoms with Crippen LogP contribution in [-0.2, 0) is 15.7 Å². The second-order valence-corrected chi connectivity index (χ2v) is 6.49. The first-order valence-corrected chi connectivity index (χ1v) is 7.52. The summed E-state index contributed by atoms with van der Waals surface area (Å²) < 4.78 is 57.5. The summed E-state index contributed by atoms with van der Waals surface area (Å²) in [6.07, 6.45) is -4.67. The molecule has 1 aromatic rings. The van der Waals surface area contributed by atoms with E-state index in [1.54, 1.807) is 13.8 Å². The lowest BCUT2D eigenvalue weighted by molar-refractivity contribution is -0.166. The molecule has 2 unspecified atom stereocenters. The third kappa shape index (κ3) is 3.75. The molecule has 0 spiro atoms. The number of rotatable bonds is 4. The number of nitrogens with two attached hydrogens (primary N) is 1. The molecule has 0 saturated heterocycles. The van der Waals surface area contributed by atoms with Gasteiger partial charge in [-0.15, -0.1) is 12.4 Å². The molecule has 0 bridgehead atoms. The van der Waals surface area contributed by atoms with E-state index in [2.05, 4.69) is 5.32 Å². The topological polar surface area (TPSA) is 64.3 Å². The molecule has 3 N–H and O–H groups in total. The fraction of sp³-hybridized carbons (Fsp3) is 0.562. The normalized spacial score (nSPS) is 24.9. The SMILES string of the molecule is CCOC1CC(N)(C(=O)Nc2cc(C(F)(F)F)ccc2F)C1(C)C.Cl. The quantitative estimate of drug-likeness (QED) is 0.777. The fourth-order valence-corrected chi connectivity index (χ4v) is 2.85. The molecule has 2 rings (SSSR count). The summed E-state index contributed by atoms with van der Waals surface area (Å²) in [6.45, 7) is 5.73. The van der Waals surface area contributed by atoms with Gasteiger partial charge in [0.25, 0.3) is 0 Å². The number of anilines is 1. The highest BCUT2D eigenvalue weighted by atomic mass is 35.5. The van der Waals surface area contributed by atoms with Crippen LogP contribution in [0.5, 0.6) is 0 Å². The van der Waals surface area contributed by atoms with E-state index >= 15 is 0 Å². The van der Waals surface area contributed by atoms with Crippen molar-refractivity contribution in [3.05, 3.63) is 29.6 Å². The van der Waals surface area contributed by atoms with Gasteiger partial charge in [0.2, 0.25) is 5.91 Å². The van der Waals surface area contributed by atoms with E-state index in [0.717, 1.165) is 0 Å². The van der Waals surface area contributed by atoms with Crippen molar-refractivity contribution in [2.24, 2.45) is 11.1 Å². The van der Waals surface area contributed by atoms with Gasteiger partial charge < -0.3 is 15.8 Å². The van der Waals surface area contributed by atoms with Crippen molar-refractivity contribution in [1.82, 2.24) is 0 Å². The molecule has 1 saturated carbocycles. The van der Waals surface area contributed by atoms with Crippen LogP contribution < -0.4 is 11.1 Å². The Kier molecular flexibility index (Phi) is 6.14. The predicted octanol–water partition coefficient (Wildman–Crippen LogP) is 3.74. The van der Waals surface area contributed by atoms with Crippen molar-refractivity contribution < 1.29 is 27.1 Å². The van der Waals surface area contributed by atoms with Crippen LogP contribution in [0.15, 0.2) is 18.2 Å². The first kappa shape index (κ1) is 21.7. The van der Waals surface area contributed by atoms with Crippen LogP contribution >= 0.6 is 12.4 Å². The molecule has 1 fully saturated rings. The molecule has 1 aliphatic carbocycles. The van der Waals surface area contributed by atoms with Crippen molar-refractivity contribution in [2.75, 3.05) is 11.9 Å². The molecular weight excluding hydrogens is 364 g/mol.